The van der Waals surface area contributed by atoms with Gasteiger partial charge in [0.2, 0.25) is 5.91 Å². The standard InChI is InChI=1S/C17H30N4O.ClH/c18-12-8-4-3-7-11-17(22)19-16-13-15(20-21-16)14-9-5-1-2-6-10-14;/h13-14H,1-12,18H2,(H2,19,20,21,22);1H. The van der Waals surface area contributed by atoms with Crippen LogP contribution in [0, 0.1) is 0 Å². The fourth-order valence-electron chi connectivity index (χ4n) is 3.19. The van der Waals surface area contributed by atoms with Crippen LogP contribution in [0.4, 0.5) is 5.82 Å². The first-order valence-corrected chi connectivity index (χ1v) is 8.85. The number of unbranched alkanes of at least 4 members (excludes halogenated alkanes) is 3. The van der Waals surface area contributed by atoms with Crippen molar-refractivity contribution in [1.82, 2.24) is 10.2 Å². The van der Waals surface area contributed by atoms with Crippen LogP contribution in [0.5, 0.6) is 0 Å². The minimum Gasteiger partial charge on any atom is -0.330 e. The molecule has 1 aromatic rings. The molecule has 132 valence electrons. The fourth-order valence-corrected chi connectivity index (χ4v) is 3.19. The molecule has 0 saturated heterocycles. The summed E-state index contributed by atoms with van der Waals surface area (Å²) >= 11 is 0. The van der Waals surface area contributed by atoms with Crippen molar-refractivity contribution in [2.75, 3.05) is 11.9 Å². The maximum atomic E-state index is 11.9. The van der Waals surface area contributed by atoms with Gasteiger partial charge in [0.05, 0.1) is 0 Å². The third kappa shape index (κ3) is 7.36. The summed E-state index contributed by atoms with van der Waals surface area (Å²) in [7, 11) is 0. The van der Waals surface area contributed by atoms with Crippen LogP contribution < -0.4 is 11.1 Å². The highest BCUT2D eigenvalue weighted by molar-refractivity contribution is 5.89. The first kappa shape index (κ1) is 20.0. The van der Waals surface area contributed by atoms with E-state index in [0.717, 1.165) is 32.2 Å². The van der Waals surface area contributed by atoms with E-state index >= 15 is 0 Å². The molecule has 4 N–H and O–H groups in total. The molecular weight excluding hydrogens is 312 g/mol. The molecule has 1 fully saturated rings. The number of hydrogen-bond donors (Lipinski definition) is 3. The molecule has 1 amide bonds. The Bertz CT molecular complexity index is 442. The number of carbonyl (C=O) groups excluding carboxylic acids is 1. The maximum Gasteiger partial charge on any atom is 0.225 e. The summed E-state index contributed by atoms with van der Waals surface area (Å²) in [6.45, 7) is 0.739. The number of hydrogen-bond acceptors (Lipinski definition) is 3. The fraction of sp³-hybridized carbons (Fsp3) is 0.765. The molecule has 23 heavy (non-hydrogen) atoms. The van der Waals surface area contributed by atoms with Crippen molar-refractivity contribution in [3.05, 3.63) is 11.8 Å². The van der Waals surface area contributed by atoms with E-state index in [1.807, 2.05) is 6.07 Å². The zero-order chi connectivity index (χ0) is 15.6. The number of halogens is 1. The van der Waals surface area contributed by atoms with Gasteiger partial charge in [0.15, 0.2) is 5.82 Å². The molecule has 2 rings (SSSR count). The number of H-pyrrole nitrogens is 1. The second-order valence-corrected chi connectivity index (χ2v) is 6.40. The number of anilines is 1. The van der Waals surface area contributed by atoms with Crippen molar-refractivity contribution < 1.29 is 4.79 Å². The Kier molecular flexibility index (Phi) is 9.96. The van der Waals surface area contributed by atoms with Crippen LogP contribution >= 0.6 is 12.4 Å². The Morgan fingerprint density at radius 2 is 1.87 bits per heavy atom. The van der Waals surface area contributed by atoms with Crippen molar-refractivity contribution in [2.24, 2.45) is 5.73 Å². The first-order valence-electron chi connectivity index (χ1n) is 8.85. The quantitative estimate of drug-likeness (QED) is 0.491. The van der Waals surface area contributed by atoms with Gasteiger partial charge in [-0.15, -0.1) is 12.4 Å². The highest BCUT2D eigenvalue weighted by atomic mass is 35.5. The van der Waals surface area contributed by atoms with Crippen molar-refractivity contribution in [3.63, 3.8) is 0 Å². The van der Waals surface area contributed by atoms with Crippen molar-refractivity contribution in [2.45, 2.75) is 76.5 Å². The number of nitrogens with zero attached hydrogens (tertiary/aromatic N) is 1. The predicted octanol–water partition coefficient (Wildman–Crippen LogP) is 4.12. The Morgan fingerprint density at radius 3 is 2.57 bits per heavy atom. The summed E-state index contributed by atoms with van der Waals surface area (Å²) in [6.07, 6.45) is 12.5. The summed E-state index contributed by atoms with van der Waals surface area (Å²) in [5, 5.41) is 10.3. The van der Waals surface area contributed by atoms with Crippen LogP contribution in [-0.2, 0) is 4.79 Å². The van der Waals surface area contributed by atoms with Gasteiger partial charge in [0.25, 0.3) is 0 Å². The van der Waals surface area contributed by atoms with Crippen LogP contribution in [0.25, 0.3) is 0 Å². The molecule has 0 spiro atoms. The molecule has 1 aliphatic carbocycles. The van der Waals surface area contributed by atoms with Gasteiger partial charge in [0, 0.05) is 24.1 Å². The summed E-state index contributed by atoms with van der Waals surface area (Å²) in [5.41, 5.74) is 6.64. The average molecular weight is 343 g/mol. The molecule has 0 bridgehead atoms. The van der Waals surface area contributed by atoms with Gasteiger partial charge in [0.1, 0.15) is 0 Å². The first-order chi connectivity index (χ1) is 10.8. The lowest BCUT2D eigenvalue weighted by Crippen LogP contribution is -2.11. The van der Waals surface area contributed by atoms with Crippen molar-refractivity contribution >= 4 is 24.1 Å². The molecule has 1 aromatic heterocycles. The van der Waals surface area contributed by atoms with E-state index in [9.17, 15) is 4.79 Å². The van der Waals surface area contributed by atoms with Crippen LogP contribution in [0.2, 0.25) is 0 Å². The van der Waals surface area contributed by atoms with Crippen molar-refractivity contribution in [3.8, 4) is 0 Å². The summed E-state index contributed by atoms with van der Waals surface area (Å²) in [6, 6.07) is 2.02. The van der Waals surface area contributed by atoms with Gasteiger partial charge < -0.3 is 11.1 Å². The van der Waals surface area contributed by atoms with Gasteiger partial charge in [-0.05, 0) is 32.2 Å². The zero-order valence-electron chi connectivity index (χ0n) is 14.0. The third-order valence-corrected chi connectivity index (χ3v) is 4.52. The van der Waals surface area contributed by atoms with Crippen LogP contribution in [0.15, 0.2) is 6.07 Å². The molecule has 1 heterocycles. The number of aromatic amines is 1. The molecule has 1 aliphatic rings. The van der Waals surface area contributed by atoms with Gasteiger partial charge in [-0.2, -0.15) is 5.10 Å². The second-order valence-electron chi connectivity index (χ2n) is 6.40. The third-order valence-electron chi connectivity index (χ3n) is 4.52. The molecular formula is C17H31ClN4O. The number of aromatic nitrogens is 2. The van der Waals surface area contributed by atoms with E-state index in [2.05, 4.69) is 15.5 Å². The largest absolute Gasteiger partial charge is 0.330 e. The highest BCUT2D eigenvalue weighted by Crippen LogP contribution is 2.31. The second kappa shape index (κ2) is 11.5. The molecule has 0 radical (unpaired) electrons. The Balaban J connectivity index is 0.00000264. The van der Waals surface area contributed by atoms with Gasteiger partial charge in [-0.3, -0.25) is 9.89 Å². The smallest absolute Gasteiger partial charge is 0.225 e. The Hall–Kier alpha value is -1.07. The molecule has 5 nitrogen and oxygen atoms in total. The normalized spacial score (nSPS) is 15.7. The Labute approximate surface area is 145 Å². The minimum absolute atomic E-state index is 0. The summed E-state index contributed by atoms with van der Waals surface area (Å²) in [4.78, 5) is 11.9. The van der Waals surface area contributed by atoms with E-state index in [4.69, 9.17) is 5.73 Å². The topological polar surface area (TPSA) is 83.8 Å². The van der Waals surface area contributed by atoms with Crippen LogP contribution in [-0.4, -0.2) is 22.6 Å². The lowest BCUT2D eigenvalue weighted by atomic mass is 9.97. The van der Waals surface area contributed by atoms with Crippen LogP contribution in [0.3, 0.4) is 0 Å². The Morgan fingerprint density at radius 1 is 1.17 bits per heavy atom. The molecule has 6 heteroatoms. The molecule has 0 aliphatic heterocycles. The number of nitrogens with two attached hydrogens (primary N) is 1. The van der Waals surface area contributed by atoms with E-state index in [1.165, 1.54) is 44.2 Å². The monoisotopic (exact) mass is 342 g/mol. The number of nitrogens with one attached hydrogen (secondary N) is 2. The maximum absolute atomic E-state index is 11.9. The van der Waals surface area contributed by atoms with E-state index in [0.29, 0.717) is 18.2 Å². The van der Waals surface area contributed by atoms with Gasteiger partial charge in [-0.25, -0.2) is 0 Å². The number of carbonyl (C=O) groups is 1. The predicted molar refractivity (Wildman–Crippen MR) is 97.0 cm³/mol. The van der Waals surface area contributed by atoms with Gasteiger partial charge >= 0.3 is 0 Å². The lowest BCUT2D eigenvalue weighted by molar-refractivity contribution is -0.116. The minimum atomic E-state index is 0. The number of rotatable bonds is 8. The average Bonchev–Trinajstić information content (AvgIpc) is 2.80. The molecule has 0 atom stereocenters. The highest BCUT2D eigenvalue weighted by Gasteiger charge is 2.17. The van der Waals surface area contributed by atoms with Crippen LogP contribution in [0.1, 0.15) is 82.2 Å². The summed E-state index contributed by atoms with van der Waals surface area (Å²) in [5.74, 6) is 1.31. The van der Waals surface area contributed by atoms with E-state index in [1.54, 1.807) is 0 Å². The van der Waals surface area contributed by atoms with E-state index < -0.39 is 0 Å². The van der Waals surface area contributed by atoms with E-state index in [-0.39, 0.29) is 18.3 Å². The SMILES string of the molecule is Cl.NCCCCCCC(=O)Nc1cc(C2CCCCCC2)[nH]n1. The lowest BCUT2D eigenvalue weighted by Gasteiger charge is -2.10. The zero-order valence-corrected chi connectivity index (χ0v) is 14.8. The van der Waals surface area contributed by atoms with Crippen molar-refractivity contribution in [1.29, 1.82) is 0 Å². The molecule has 0 unspecified atom stereocenters. The molecule has 0 aromatic carbocycles. The van der Waals surface area contributed by atoms with Gasteiger partial charge in [-0.1, -0.05) is 38.5 Å². The number of amides is 1. The summed E-state index contributed by atoms with van der Waals surface area (Å²) < 4.78 is 0. The molecule has 1 saturated carbocycles.